The van der Waals surface area contributed by atoms with Crippen molar-refractivity contribution in [2.45, 2.75) is 46.1 Å². The van der Waals surface area contributed by atoms with E-state index >= 15 is 0 Å². The van der Waals surface area contributed by atoms with E-state index in [4.69, 9.17) is 5.11 Å². The van der Waals surface area contributed by atoms with Crippen molar-refractivity contribution in [2.24, 2.45) is 0 Å². The molecule has 1 nitrogen and oxygen atoms in total. The van der Waals surface area contributed by atoms with Crippen LogP contribution >= 0.6 is 0 Å². The van der Waals surface area contributed by atoms with Crippen LogP contribution in [0.3, 0.4) is 0 Å². The molecule has 0 aliphatic rings. The molecule has 1 N–H and O–H groups in total. The quantitative estimate of drug-likeness (QED) is 0.379. The first-order valence-electron chi connectivity index (χ1n) is 3.43. The molecule has 0 heterocycles. The fraction of sp³-hybridized carbons (Fsp3) is 0.875. The largest absolute Gasteiger partial charge is 1.00 e. The third-order valence-electron chi connectivity index (χ3n) is 0.354. The van der Waals surface area contributed by atoms with Crippen LogP contribution in [0.2, 0.25) is 0 Å². The fourth-order valence-corrected chi connectivity index (χ4v) is 0. The first kappa shape index (κ1) is 16.9. The Labute approximate surface area is 77.4 Å². The van der Waals surface area contributed by atoms with Gasteiger partial charge in [-0.3, -0.25) is 0 Å². The molecule has 0 fully saturated rings. The van der Waals surface area contributed by atoms with E-state index in [1.54, 1.807) is 20.8 Å². The first-order chi connectivity index (χ1) is 3.91. The van der Waals surface area contributed by atoms with E-state index in [0.29, 0.717) is 0 Å². The zero-order chi connectivity index (χ0) is 7.91. The first-order valence-corrected chi connectivity index (χ1v) is 3.43. The van der Waals surface area contributed by atoms with Gasteiger partial charge in [-0.05, 0) is 20.8 Å². The molecule has 0 saturated heterocycles. The van der Waals surface area contributed by atoms with E-state index in [2.05, 4.69) is 13.8 Å². The van der Waals surface area contributed by atoms with Crippen molar-refractivity contribution in [3.8, 4) is 0 Å². The van der Waals surface area contributed by atoms with Gasteiger partial charge in [-0.15, -0.1) is 0 Å². The van der Waals surface area contributed by atoms with Gasteiger partial charge in [0.25, 0.3) is 0 Å². The Hall–Kier alpha value is 0.557. The molecule has 0 aliphatic carbocycles. The summed E-state index contributed by atoms with van der Waals surface area (Å²) < 4.78 is 0. The molecule has 0 saturated carbocycles. The topological polar surface area (TPSA) is 20.2 Å². The summed E-state index contributed by atoms with van der Waals surface area (Å²) in [6.07, 6.45) is 2.28. The van der Waals surface area contributed by atoms with E-state index in [1.807, 2.05) is 0 Å². The van der Waals surface area contributed by atoms with Crippen molar-refractivity contribution in [2.75, 3.05) is 0 Å². The summed E-state index contributed by atoms with van der Waals surface area (Å²) in [6.45, 7) is 11.0. The van der Waals surface area contributed by atoms with Crippen molar-refractivity contribution in [3.05, 3.63) is 6.92 Å². The van der Waals surface area contributed by atoms with Crippen molar-refractivity contribution < 1.29 is 24.0 Å². The van der Waals surface area contributed by atoms with E-state index in [1.165, 1.54) is 6.42 Å². The van der Waals surface area contributed by atoms with Gasteiger partial charge in [-0.2, -0.15) is 6.42 Å². The van der Waals surface area contributed by atoms with Crippen LogP contribution in [0.25, 0.3) is 0 Å². The maximum Gasteiger partial charge on any atom is 1.00 e. The van der Waals surface area contributed by atoms with Crippen LogP contribution < -0.4 is 18.9 Å². The van der Waals surface area contributed by atoms with E-state index in [-0.39, 0.29) is 18.9 Å². The molecule has 10 heavy (non-hydrogen) atoms. The summed E-state index contributed by atoms with van der Waals surface area (Å²) in [5.41, 5.74) is -0.500. The predicted molar refractivity (Wildman–Crippen MR) is 42.2 cm³/mol. The number of unbranched alkanes of at least 4 members (excludes halogenated alkanes) is 1. The fourth-order valence-electron chi connectivity index (χ4n) is 0. The van der Waals surface area contributed by atoms with Gasteiger partial charge in [0.2, 0.25) is 0 Å². The Bertz CT molecular complexity index is 39.7. The van der Waals surface area contributed by atoms with Gasteiger partial charge >= 0.3 is 18.9 Å². The maximum atomic E-state index is 8.52. The second kappa shape index (κ2) is 9.56. The number of aliphatic hydroxyl groups is 1. The molecule has 0 amide bonds. The van der Waals surface area contributed by atoms with Crippen LogP contribution in [0.5, 0.6) is 0 Å². The van der Waals surface area contributed by atoms with E-state index in [0.717, 1.165) is 6.42 Å². The van der Waals surface area contributed by atoms with Gasteiger partial charge in [0.15, 0.2) is 0 Å². The summed E-state index contributed by atoms with van der Waals surface area (Å²) in [7, 11) is 0. The van der Waals surface area contributed by atoms with Gasteiger partial charge in [0, 0.05) is 0 Å². The van der Waals surface area contributed by atoms with Gasteiger partial charge in [0.05, 0.1) is 5.60 Å². The minimum absolute atomic E-state index is 0. The Morgan fingerprint density at radius 2 is 1.40 bits per heavy atom. The summed E-state index contributed by atoms with van der Waals surface area (Å²) in [5.74, 6) is 0. The monoisotopic (exact) mass is 138 g/mol. The van der Waals surface area contributed by atoms with Crippen LogP contribution in [0.15, 0.2) is 0 Å². The number of hydrogen-bond donors (Lipinski definition) is 1. The molecule has 0 aromatic carbocycles. The van der Waals surface area contributed by atoms with Crippen LogP contribution in [-0.4, -0.2) is 10.7 Å². The van der Waals surface area contributed by atoms with Crippen LogP contribution in [0.4, 0.5) is 0 Å². The molecule has 2 heteroatoms. The molecular formula is C8H19LiO. The summed E-state index contributed by atoms with van der Waals surface area (Å²) in [5, 5.41) is 8.52. The second-order valence-corrected chi connectivity index (χ2v) is 3.02. The van der Waals surface area contributed by atoms with Crippen molar-refractivity contribution in [1.29, 1.82) is 0 Å². The Kier molecular flexibility index (Phi) is 16.1. The van der Waals surface area contributed by atoms with Crippen LogP contribution in [-0.2, 0) is 0 Å². The third-order valence-corrected chi connectivity index (χ3v) is 0.354. The second-order valence-electron chi connectivity index (χ2n) is 3.02. The Balaban J connectivity index is -0.0000000910. The summed E-state index contributed by atoms with van der Waals surface area (Å²) in [6, 6.07) is 0. The number of rotatable bonds is 1. The summed E-state index contributed by atoms with van der Waals surface area (Å²) >= 11 is 0. The van der Waals surface area contributed by atoms with Crippen molar-refractivity contribution in [1.82, 2.24) is 0 Å². The Morgan fingerprint density at radius 3 is 1.40 bits per heavy atom. The Morgan fingerprint density at radius 1 is 1.30 bits per heavy atom. The minimum Gasteiger partial charge on any atom is -0.391 e. The molecule has 0 rings (SSSR count). The average Bonchev–Trinajstić information content (AvgIpc) is 1.61. The molecule has 0 bridgehead atoms. The molecular weight excluding hydrogens is 119 g/mol. The molecule has 0 aromatic rings. The van der Waals surface area contributed by atoms with Gasteiger partial charge < -0.3 is 12.0 Å². The maximum absolute atomic E-state index is 8.52. The smallest absolute Gasteiger partial charge is 0.391 e. The van der Waals surface area contributed by atoms with Gasteiger partial charge in [-0.1, -0.05) is 13.3 Å². The van der Waals surface area contributed by atoms with Crippen LogP contribution in [0, 0.1) is 6.92 Å². The minimum atomic E-state index is -0.500. The predicted octanol–water partition coefficient (Wildman–Crippen LogP) is -0.598. The van der Waals surface area contributed by atoms with Crippen molar-refractivity contribution >= 4 is 0 Å². The molecule has 58 valence electrons. The molecule has 0 radical (unpaired) electrons. The standard InChI is InChI=1S/C4H10O.C4H9.Li/c1-4(2,3)5;1-3-4-2;/h5H,1-3H3;1,3-4H2,2H3;/q;-1;+1. The molecule has 0 spiro atoms. The SMILES string of the molecule is CC(C)(C)O.[CH2-]CCC.[Li+]. The molecule has 0 unspecified atom stereocenters. The molecule has 0 aliphatic heterocycles. The van der Waals surface area contributed by atoms with Gasteiger partial charge in [-0.25, -0.2) is 0 Å². The zero-order valence-electron chi connectivity index (χ0n) is 8.07. The number of hydrogen-bond acceptors (Lipinski definition) is 1. The normalized spacial score (nSPS) is 9.00. The van der Waals surface area contributed by atoms with Crippen molar-refractivity contribution in [3.63, 3.8) is 0 Å². The zero-order valence-corrected chi connectivity index (χ0v) is 8.07. The third kappa shape index (κ3) is 202. The molecule has 0 aromatic heterocycles. The average molecular weight is 138 g/mol. The van der Waals surface area contributed by atoms with E-state index in [9.17, 15) is 0 Å². The van der Waals surface area contributed by atoms with E-state index < -0.39 is 5.60 Å². The van der Waals surface area contributed by atoms with Gasteiger partial charge in [0.1, 0.15) is 0 Å². The van der Waals surface area contributed by atoms with Crippen LogP contribution in [0.1, 0.15) is 40.5 Å². The summed E-state index contributed by atoms with van der Waals surface area (Å²) in [4.78, 5) is 0. The molecule has 0 atom stereocenters.